The lowest BCUT2D eigenvalue weighted by atomic mass is 9.98. The fourth-order valence-electron chi connectivity index (χ4n) is 4.90. The molecule has 0 N–H and O–H groups in total. The second-order valence-electron chi connectivity index (χ2n) is 10.4. The van der Waals surface area contributed by atoms with Gasteiger partial charge in [0.15, 0.2) is 0 Å². The van der Waals surface area contributed by atoms with E-state index in [2.05, 4.69) is 61.6 Å². The van der Waals surface area contributed by atoms with Crippen LogP contribution in [0.2, 0.25) is 26.2 Å². The molecule has 34 heavy (non-hydrogen) atoms. The van der Waals surface area contributed by atoms with Crippen LogP contribution < -0.4 is 0 Å². The highest BCUT2D eigenvalue weighted by Gasteiger charge is 2.37. The van der Waals surface area contributed by atoms with Crippen molar-refractivity contribution in [2.45, 2.75) is 139 Å². The molecule has 0 bridgehead atoms. The Balaban J connectivity index is 1.57. The first kappa shape index (κ1) is 33.4. The van der Waals surface area contributed by atoms with Gasteiger partial charge in [0.2, 0.25) is 16.6 Å². The monoisotopic (exact) mass is 654 g/mol. The normalized spacial score (nSPS) is 21.0. The molecule has 0 aliphatic heterocycles. The molecule has 2 atom stereocenters. The van der Waals surface area contributed by atoms with E-state index < -0.39 is 16.6 Å². The highest BCUT2D eigenvalue weighted by Crippen LogP contribution is 2.59. The Hall–Kier alpha value is 3.15. The maximum atomic E-state index is 6.72. The predicted molar refractivity (Wildman–Crippen MR) is 180 cm³/mol. The van der Waals surface area contributed by atoms with Crippen LogP contribution in [0.4, 0.5) is 0 Å². The van der Waals surface area contributed by atoms with Crippen LogP contribution in [-0.4, -0.2) is 38.6 Å². The molecule has 0 amide bonds. The minimum absolute atomic E-state index is 0.534. The Labute approximate surface area is 242 Å². The first-order valence-corrected chi connectivity index (χ1v) is 29.2. The largest absolute Gasteiger partial charge is 0.413 e. The Morgan fingerprint density at radius 3 is 1.21 bits per heavy atom. The molecule has 0 aromatic rings. The van der Waals surface area contributed by atoms with E-state index in [-0.39, 0.29) is 0 Å². The molecule has 2 fully saturated rings. The Morgan fingerprint density at radius 1 is 0.559 bits per heavy atom. The SMILES string of the molecule is CCC(SSSSSSSSC(CC)[Si](C)(C)OC1CCCCC1)[Si](C)(C)OC1CCCCC1. The van der Waals surface area contributed by atoms with Gasteiger partial charge in [-0.2, -0.15) is 0 Å². The summed E-state index contributed by atoms with van der Waals surface area (Å²) in [7, 11) is 12.4. The van der Waals surface area contributed by atoms with Crippen molar-refractivity contribution in [3.8, 4) is 0 Å². The van der Waals surface area contributed by atoms with Gasteiger partial charge in [-0.1, -0.05) is 74.0 Å². The number of rotatable bonds is 17. The Bertz CT molecular complexity index is 489. The van der Waals surface area contributed by atoms with Crippen molar-refractivity contribution in [1.82, 2.24) is 0 Å². The summed E-state index contributed by atoms with van der Waals surface area (Å²) >= 11 is 0. The van der Waals surface area contributed by atoms with Gasteiger partial charge >= 0.3 is 0 Å². The highest BCUT2D eigenvalue weighted by molar-refractivity contribution is 9.48. The van der Waals surface area contributed by atoms with Gasteiger partial charge in [-0.15, -0.1) is 0 Å². The molecule has 202 valence electrons. The zero-order valence-corrected chi connectivity index (χ0v) is 30.4. The van der Waals surface area contributed by atoms with E-state index in [1.807, 2.05) is 59.0 Å². The molecular formula is C22H46O2S8Si2. The van der Waals surface area contributed by atoms with Gasteiger partial charge in [0.25, 0.3) is 0 Å². The second-order valence-corrected chi connectivity index (χ2v) is 32.8. The maximum Gasteiger partial charge on any atom is 0.200 e. The van der Waals surface area contributed by atoms with Crippen molar-refractivity contribution in [2.24, 2.45) is 0 Å². The minimum Gasteiger partial charge on any atom is -0.413 e. The predicted octanol–water partition coefficient (Wildman–Crippen LogP) is 12.0. The molecule has 0 heterocycles. The van der Waals surface area contributed by atoms with Crippen molar-refractivity contribution in [3.63, 3.8) is 0 Å². The summed E-state index contributed by atoms with van der Waals surface area (Å²) in [4.78, 5) is 1.33. The van der Waals surface area contributed by atoms with Crippen molar-refractivity contribution < 1.29 is 8.85 Å². The summed E-state index contributed by atoms with van der Waals surface area (Å²) in [5.74, 6) is 0. The zero-order chi connectivity index (χ0) is 24.9. The standard InChI is InChI=1S/C22H46O2S8Si2/c1-7-21(33(3,4)23-19-15-11-9-12-16-19)25-27-29-31-32-30-28-26-22(8-2)34(5,6)24-20-17-13-10-14-18-20/h19-22H,7-18H2,1-6H3. The van der Waals surface area contributed by atoms with Crippen molar-refractivity contribution in [3.05, 3.63) is 0 Å². The van der Waals surface area contributed by atoms with E-state index in [0.717, 1.165) is 0 Å². The lowest BCUT2D eigenvalue weighted by Gasteiger charge is -2.36. The fraction of sp³-hybridized carbons (Fsp3) is 1.00. The van der Waals surface area contributed by atoms with Gasteiger partial charge in [-0.05, 0) is 124 Å². The third-order valence-electron chi connectivity index (χ3n) is 6.79. The van der Waals surface area contributed by atoms with Crippen LogP contribution in [0.15, 0.2) is 0 Å². The molecule has 0 saturated heterocycles. The van der Waals surface area contributed by atoms with Crippen LogP contribution in [0.1, 0.15) is 90.9 Å². The lowest BCUT2D eigenvalue weighted by molar-refractivity contribution is 0.144. The zero-order valence-electron chi connectivity index (χ0n) is 21.9. The lowest BCUT2D eigenvalue weighted by Crippen LogP contribution is -2.45. The Kier molecular flexibility index (Phi) is 18.1. The molecule has 0 spiro atoms. The molecule has 2 aliphatic rings. The van der Waals surface area contributed by atoms with E-state index in [4.69, 9.17) is 8.85 Å². The second kappa shape index (κ2) is 18.5. The summed E-state index contributed by atoms with van der Waals surface area (Å²) in [6.07, 6.45) is 16.9. The van der Waals surface area contributed by atoms with Gasteiger partial charge in [0.1, 0.15) is 0 Å². The molecule has 2 aliphatic carbocycles. The topological polar surface area (TPSA) is 18.5 Å². The van der Waals surface area contributed by atoms with Crippen LogP contribution >= 0.6 is 80.5 Å². The third kappa shape index (κ3) is 13.0. The fourth-order valence-corrected chi connectivity index (χ4v) is 34.9. The summed E-state index contributed by atoms with van der Waals surface area (Å²) in [6.45, 7) is 14.4. The van der Waals surface area contributed by atoms with Gasteiger partial charge in [-0.3, -0.25) is 0 Å². The minimum atomic E-state index is -1.66. The van der Waals surface area contributed by atoms with Crippen LogP contribution in [-0.2, 0) is 8.85 Å². The number of hydrogen-bond donors (Lipinski definition) is 0. The van der Waals surface area contributed by atoms with Gasteiger partial charge in [0, 0.05) is 22.0 Å². The maximum absolute atomic E-state index is 6.72. The van der Waals surface area contributed by atoms with E-state index in [0.29, 0.717) is 22.0 Å². The number of hydrogen-bond acceptors (Lipinski definition) is 10. The summed E-state index contributed by atoms with van der Waals surface area (Å²) in [5, 5.41) is 0. The van der Waals surface area contributed by atoms with Crippen molar-refractivity contribution in [2.75, 3.05) is 0 Å². The molecular weight excluding hydrogens is 609 g/mol. The Morgan fingerprint density at radius 2 is 0.882 bits per heavy atom. The average molecular weight is 655 g/mol. The van der Waals surface area contributed by atoms with Crippen LogP contribution in [0.5, 0.6) is 0 Å². The molecule has 2 rings (SSSR count). The molecule has 2 saturated carbocycles. The third-order valence-corrected chi connectivity index (χ3v) is 33.4. The van der Waals surface area contributed by atoms with Crippen molar-refractivity contribution in [1.29, 1.82) is 0 Å². The summed E-state index contributed by atoms with van der Waals surface area (Å²) in [5.41, 5.74) is 0. The molecule has 12 heteroatoms. The van der Waals surface area contributed by atoms with E-state index >= 15 is 0 Å². The van der Waals surface area contributed by atoms with Crippen LogP contribution in [0.3, 0.4) is 0 Å². The average Bonchev–Trinajstić information content (AvgIpc) is 2.81. The van der Waals surface area contributed by atoms with E-state index in [1.54, 1.807) is 0 Å². The summed E-state index contributed by atoms with van der Waals surface area (Å²) < 4.78 is 13.4. The van der Waals surface area contributed by atoms with E-state index in [1.165, 1.54) is 77.0 Å². The van der Waals surface area contributed by atoms with Crippen LogP contribution in [0, 0.1) is 0 Å². The van der Waals surface area contributed by atoms with Gasteiger partial charge < -0.3 is 8.85 Å². The first-order valence-electron chi connectivity index (χ1n) is 13.0. The molecule has 0 radical (unpaired) electrons. The molecule has 2 unspecified atom stereocenters. The smallest absolute Gasteiger partial charge is 0.200 e. The highest BCUT2D eigenvalue weighted by atomic mass is 34.0. The molecule has 2 nitrogen and oxygen atoms in total. The van der Waals surface area contributed by atoms with Crippen LogP contribution in [0.25, 0.3) is 0 Å². The summed E-state index contributed by atoms with van der Waals surface area (Å²) in [6, 6.07) is 0. The quantitative estimate of drug-likeness (QED) is 0.0852. The van der Waals surface area contributed by atoms with E-state index in [9.17, 15) is 0 Å². The van der Waals surface area contributed by atoms with Gasteiger partial charge in [-0.25, -0.2) is 0 Å². The molecule has 0 aromatic heterocycles. The molecule has 0 aromatic carbocycles. The van der Waals surface area contributed by atoms with Gasteiger partial charge in [0.05, 0.1) is 0 Å². The van der Waals surface area contributed by atoms with Crippen molar-refractivity contribution >= 4 is 97.2 Å². The first-order chi connectivity index (χ1) is 16.3.